The average molecular weight is 304 g/mol. The van der Waals surface area contributed by atoms with E-state index in [0.717, 1.165) is 12.0 Å². The fourth-order valence-corrected chi connectivity index (χ4v) is 3.16. The maximum atomic E-state index is 12.3. The minimum Gasteiger partial charge on any atom is -0.460 e. The average Bonchev–Trinajstić information content (AvgIpc) is 2.83. The van der Waals surface area contributed by atoms with Gasteiger partial charge >= 0.3 is 5.97 Å². The van der Waals surface area contributed by atoms with Crippen LogP contribution in [0.4, 0.5) is 0 Å². The molecule has 0 atom stereocenters. The molecule has 1 aliphatic rings. The number of fused-ring (bicyclic) bond motifs is 1. The van der Waals surface area contributed by atoms with E-state index in [9.17, 15) is 4.79 Å². The maximum absolute atomic E-state index is 12.3. The molecular formula is C19H28O3. The fraction of sp³-hybridized carbons (Fsp3) is 0.632. The molecule has 0 amide bonds. The lowest BCUT2D eigenvalue weighted by atomic mass is 9.85. The summed E-state index contributed by atoms with van der Waals surface area (Å²) < 4.78 is 11.1. The number of esters is 1. The van der Waals surface area contributed by atoms with Crippen molar-refractivity contribution in [1.82, 2.24) is 0 Å². The van der Waals surface area contributed by atoms with Gasteiger partial charge in [0, 0.05) is 0 Å². The summed E-state index contributed by atoms with van der Waals surface area (Å²) in [6.45, 7) is 13.6. The van der Waals surface area contributed by atoms with E-state index < -0.39 is 5.60 Å². The van der Waals surface area contributed by atoms with Crippen molar-refractivity contribution in [2.45, 2.75) is 79.1 Å². The van der Waals surface area contributed by atoms with Crippen molar-refractivity contribution in [3.63, 3.8) is 0 Å². The summed E-state index contributed by atoms with van der Waals surface area (Å²) in [4.78, 5) is 12.3. The smallest absolute Gasteiger partial charge is 0.310 e. The van der Waals surface area contributed by atoms with Gasteiger partial charge in [-0.05, 0) is 60.9 Å². The largest absolute Gasteiger partial charge is 0.460 e. The molecule has 0 spiro atoms. The van der Waals surface area contributed by atoms with Crippen molar-refractivity contribution in [2.24, 2.45) is 0 Å². The molecule has 0 fully saturated rings. The van der Waals surface area contributed by atoms with Crippen LogP contribution in [-0.4, -0.2) is 11.6 Å². The van der Waals surface area contributed by atoms with E-state index in [1.807, 2.05) is 20.8 Å². The number of rotatable bonds is 4. The number of carbonyl (C=O) groups excluding carboxylic acids is 1. The van der Waals surface area contributed by atoms with Crippen molar-refractivity contribution in [1.29, 1.82) is 0 Å². The molecule has 0 bridgehead atoms. The van der Waals surface area contributed by atoms with E-state index in [0.29, 0.717) is 25.6 Å². The zero-order chi connectivity index (χ0) is 16.5. The molecule has 1 aromatic carbocycles. The maximum Gasteiger partial charge on any atom is 0.310 e. The molecule has 2 rings (SSSR count). The summed E-state index contributed by atoms with van der Waals surface area (Å²) in [5.74, 6) is 0.233. The van der Waals surface area contributed by atoms with Crippen molar-refractivity contribution in [2.75, 3.05) is 0 Å². The van der Waals surface area contributed by atoms with Crippen molar-refractivity contribution >= 4 is 5.97 Å². The SMILES string of the molecule is CCc1c2c(cc(C(C)C)c1CC(=O)OC(C)(C)C)COC2. The highest BCUT2D eigenvalue weighted by Gasteiger charge is 2.25. The van der Waals surface area contributed by atoms with Crippen LogP contribution in [0.2, 0.25) is 0 Å². The van der Waals surface area contributed by atoms with Gasteiger partial charge in [-0.15, -0.1) is 0 Å². The van der Waals surface area contributed by atoms with Gasteiger partial charge < -0.3 is 9.47 Å². The topological polar surface area (TPSA) is 35.5 Å². The second kappa shape index (κ2) is 6.41. The molecule has 22 heavy (non-hydrogen) atoms. The molecule has 0 radical (unpaired) electrons. The Morgan fingerprint density at radius 1 is 1.27 bits per heavy atom. The number of hydrogen-bond donors (Lipinski definition) is 0. The quantitative estimate of drug-likeness (QED) is 0.779. The van der Waals surface area contributed by atoms with Gasteiger partial charge in [-0.25, -0.2) is 0 Å². The zero-order valence-corrected chi connectivity index (χ0v) is 14.7. The first kappa shape index (κ1) is 17.0. The number of hydrogen-bond acceptors (Lipinski definition) is 3. The van der Waals surface area contributed by atoms with Crippen LogP contribution in [-0.2, 0) is 40.3 Å². The highest BCUT2D eigenvalue weighted by atomic mass is 16.6. The van der Waals surface area contributed by atoms with Crippen molar-refractivity contribution in [3.8, 4) is 0 Å². The third kappa shape index (κ3) is 3.70. The Morgan fingerprint density at radius 3 is 2.50 bits per heavy atom. The van der Waals surface area contributed by atoms with E-state index in [4.69, 9.17) is 9.47 Å². The van der Waals surface area contributed by atoms with Gasteiger partial charge in [0.05, 0.1) is 19.6 Å². The molecule has 3 nitrogen and oxygen atoms in total. The molecule has 122 valence electrons. The normalized spacial score (nSPS) is 14.3. The summed E-state index contributed by atoms with van der Waals surface area (Å²) in [7, 11) is 0. The Morgan fingerprint density at radius 2 is 1.95 bits per heavy atom. The molecule has 3 heteroatoms. The monoisotopic (exact) mass is 304 g/mol. The zero-order valence-electron chi connectivity index (χ0n) is 14.7. The Bertz CT molecular complexity index is 565. The van der Waals surface area contributed by atoms with Crippen molar-refractivity contribution in [3.05, 3.63) is 33.9 Å². The predicted octanol–water partition coefficient (Wildman–Crippen LogP) is 4.29. The van der Waals surface area contributed by atoms with Crippen LogP contribution in [0.15, 0.2) is 6.07 Å². The highest BCUT2D eigenvalue weighted by molar-refractivity contribution is 5.74. The second-order valence-corrected chi connectivity index (χ2v) is 7.32. The van der Waals surface area contributed by atoms with Gasteiger partial charge in [-0.3, -0.25) is 4.79 Å². The van der Waals surface area contributed by atoms with Crippen LogP contribution in [0.5, 0.6) is 0 Å². The molecule has 0 unspecified atom stereocenters. The minimum absolute atomic E-state index is 0.150. The van der Waals surface area contributed by atoms with Gasteiger partial charge in [0.1, 0.15) is 5.60 Å². The van der Waals surface area contributed by atoms with Gasteiger partial charge in [0.2, 0.25) is 0 Å². The lowest BCUT2D eigenvalue weighted by Crippen LogP contribution is -2.25. The first-order chi connectivity index (χ1) is 10.2. The van der Waals surface area contributed by atoms with E-state index in [1.165, 1.54) is 22.3 Å². The van der Waals surface area contributed by atoms with Crippen LogP contribution in [0.1, 0.15) is 75.3 Å². The summed E-state index contributed by atoms with van der Waals surface area (Å²) in [6.07, 6.45) is 1.27. The molecule has 0 saturated carbocycles. The Labute approximate surface area is 134 Å². The first-order valence-corrected chi connectivity index (χ1v) is 8.19. The van der Waals surface area contributed by atoms with Crippen LogP contribution in [0, 0.1) is 0 Å². The Kier molecular flexibility index (Phi) is 4.96. The molecule has 0 aliphatic carbocycles. The first-order valence-electron chi connectivity index (χ1n) is 8.19. The third-order valence-electron chi connectivity index (χ3n) is 4.02. The Balaban J connectivity index is 2.42. The molecule has 1 heterocycles. The van der Waals surface area contributed by atoms with Crippen LogP contribution < -0.4 is 0 Å². The number of ether oxygens (including phenoxy) is 2. The van der Waals surface area contributed by atoms with Gasteiger partial charge in [-0.2, -0.15) is 0 Å². The van der Waals surface area contributed by atoms with Gasteiger partial charge in [0.15, 0.2) is 0 Å². The standard InChI is InChI=1S/C19H28O3/c1-7-14-16(9-18(20)22-19(4,5)6)15(12(2)3)8-13-10-21-11-17(13)14/h8,12H,7,9-11H2,1-6H3. The van der Waals surface area contributed by atoms with Crippen molar-refractivity contribution < 1.29 is 14.3 Å². The van der Waals surface area contributed by atoms with E-state index in [2.05, 4.69) is 26.8 Å². The molecule has 0 N–H and O–H groups in total. The molecule has 1 aromatic rings. The Hall–Kier alpha value is -1.35. The summed E-state index contributed by atoms with van der Waals surface area (Å²) in [5, 5.41) is 0. The van der Waals surface area contributed by atoms with E-state index >= 15 is 0 Å². The molecule has 1 aliphatic heterocycles. The van der Waals surface area contributed by atoms with Crippen LogP contribution in [0.25, 0.3) is 0 Å². The van der Waals surface area contributed by atoms with Crippen LogP contribution >= 0.6 is 0 Å². The summed E-state index contributed by atoms with van der Waals surface area (Å²) in [6, 6.07) is 2.23. The number of benzene rings is 1. The highest BCUT2D eigenvalue weighted by Crippen LogP contribution is 2.33. The predicted molar refractivity (Wildman–Crippen MR) is 88.0 cm³/mol. The summed E-state index contributed by atoms with van der Waals surface area (Å²) in [5.41, 5.74) is 5.81. The number of carbonyl (C=O) groups is 1. The molecular weight excluding hydrogens is 276 g/mol. The van der Waals surface area contributed by atoms with Crippen LogP contribution in [0.3, 0.4) is 0 Å². The minimum atomic E-state index is -0.443. The second-order valence-electron chi connectivity index (χ2n) is 7.32. The lowest BCUT2D eigenvalue weighted by molar-refractivity contribution is -0.153. The molecule has 0 saturated heterocycles. The third-order valence-corrected chi connectivity index (χ3v) is 4.02. The van der Waals surface area contributed by atoms with Gasteiger partial charge in [0.25, 0.3) is 0 Å². The van der Waals surface area contributed by atoms with Gasteiger partial charge in [-0.1, -0.05) is 26.8 Å². The fourth-order valence-electron chi connectivity index (χ4n) is 3.16. The van der Waals surface area contributed by atoms with E-state index in [1.54, 1.807) is 0 Å². The van der Waals surface area contributed by atoms with E-state index in [-0.39, 0.29) is 5.97 Å². The summed E-state index contributed by atoms with van der Waals surface area (Å²) >= 11 is 0. The lowest BCUT2D eigenvalue weighted by Gasteiger charge is -2.23. The molecule has 0 aromatic heterocycles.